The van der Waals surface area contributed by atoms with E-state index in [1.165, 1.54) is 6.42 Å². The molecule has 3 unspecified atom stereocenters. The second-order valence-corrected chi connectivity index (χ2v) is 6.46. The molecule has 1 aromatic rings. The van der Waals surface area contributed by atoms with Gasteiger partial charge in [0.1, 0.15) is 0 Å². The molecule has 132 valence electrons. The summed E-state index contributed by atoms with van der Waals surface area (Å²) in [6.45, 7) is 3.49. The third-order valence-electron chi connectivity index (χ3n) is 4.68. The van der Waals surface area contributed by atoms with Gasteiger partial charge in [-0.1, -0.05) is 19.4 Å². The van der Waals surface area contributed by atoms with Gasteiger partial charge >= 0.3 is 0 Å². The van der Waals surface area contributed by atoms with Gasteiger partial charge in [-0.05, 0) is 31.7 Å². The van der Waals surface area contributed by atoms with E-state index in [9.17, 15) is 0 Å². The Labute approximate surface area is 144 Å². The maximum Gasteiger partial charge on any atom is 0.218 e. The Kier molecular flexibility index (Phi) is 5.91. The molecule has 0 aliphatic carbocycles. The van der Waals surface area contributed by atoms with Crippen LogP contribution in [0.4, 0.5) is 0 Å². The molecular weight excluding hydrogens is 304 g/mol. The monoisotopic (exact) mass is 332 g/mol. The van der Waals surface area contributed by atoms with Crippen molar-refractivity contribution in [2.75, 3.05) is 13.7 Å². The number of hydrogen-bond donors (Lipinski definition) is 2. The second-order valence-electron chi connectivity index (χ2n) is 6.46. The van der Waals surface area contributed by atoms with Crippen LogP contribution in [-0.2, 0) is 11.3 Å². The highest BCUT2D eigenvalue weighted by Gasteiger charge is 2.41. The van der Waals surface area contributed by atoms with E-state index in [1.54, 1.807) is 13.2 Å². The fourth-order valence-corrected chi connectivity index (χ4v) is 3.34. The summed E-state index contributed by atoms with van der Waals surface area (Å²) in [5.74, 6) is 1.51. The molecule has 3 heterocycles. The molecule has 0 saturated carbocycles. The molecular formula is C18H28N4O2. The minimum absolute atomic E-state index is 0.333. The molecule has 2 aliphatic rings. The van der Waals surface area contributed by atoms with Crippen LogP contribution in [0.3, 0.4) is 0 Å². The van der Waals surface area contributed by atoms with Crippen LogP contribution in [0.15, 0.2) is 23.3 Å². The molecule has 3 rings (SSSR count). The zero-order valence-electron chi connectivity index (χ0n) is 14.6. The molecule has 1 aromatic heterocycles. The highest BCUT2D eigenvalue weighted by atomic mass is 16.5. The lowest BCUT2D eigenvalue weighted by molar-refractivity contribution is 0.0992. The Morgan fingerprint density at radius 3 is 3.08 bits per heavy atom. The number of ether oxygens (including phenoxy) is 2. The third kappa shape index (κ3) is 4.17. The maximum absolute atomic E-state index is 5.89. The van der Waals surface area contributed by atoms with E-state index >= 15 is 0 Å². The van der Waals surface area contributed by atoms with Crippen LogP contribution in [0.25, 0.3) is 0 Å². The molecule has 0 spiro atoms. The highest BCUT2D eigenvalue weighted by molar-refractivity contribution is 5.80. The first-order chi connectivity index (χ1) is 11.8. The third-order valence-corrected chi connectivity index (χ3v) is 4.68. The average Bonchev–Trinajstić information content (AvgIpc) is 3.22. The molecule has 3 atom stereocenters. The fraction of sp³-hybridized carbons (Fsp3) is 0.667. The largest absolute Gasteiger partial charge is 0.477 e. The number of nitrogens with one attached hydrogen (secondary N) is 2. The smallest absolute Gasteiger partial charge is 0.218 e. The minimum Gasteiger partial charge on any atom is -0.477 e. The van der Waals surface area contributed by atoms with Gasteiger partial charge in [0.2, 0.25) is 5.88 Å². The van der Waals surface area contributed by atoms with Gasteiger partial charge in [0.25, 0.3) is 0 Å². The maximum atomic E-state index is 5.89. The molecule has 2 aliphatic heterocycles. The van der Waals surface area contributed by atoms with Gasteiger partial charge in [-0.2, -0.15) is 0 Å². The van der Waals surface area contributed by atoms with Crippen LogP contribution in [0.2, 0.25) is 0 Å². The summed E-state index contributed by atoms with van der Waals surface area (Å²) < 4.78 is 11.7. The van der Waals surface area contributed by atoms with Crippen LogP contribution < -0.4 is 15.4 Å². The summed E-state index contributed by atoms with van der Waals surface area (Å²) in [7, 11) is 1.80. The quantitative estimate of drug-likeness (QED) is 0.455. The van der Waals surface area contributed by atoms with Crippen LogP contribution in [-0.4, -0.2) is 42.8 Å². The number of nitrogens with zero attached hydrogens (tertiary/aromatic N) is 2. The van der Waals surface area contributed by atoms with Gasteiger partial charge in [0.05, 0.1) is 24.9 Å². The van der Waals surface area contributed by atoms with Crippen molar-refractivity contribution in [3.05, 3.63) is 23.9 Å². The van der Waals surface area contributed by atoms with E-state index in [4.69, 9.17) is 9.47 Å². The number of fused-ring (bicyclic) bond motifs is 2. The molecule has 2 fully saturated rings. The fourth-order valence-electron chi connectivity index (χ4n) is 3.34. The SMILES string of the molecule is CCCCOc1ncccc1CNC(=NC)NC1CC2CCC1O2. The number of unbranched alkanes of at least 4 members (excludes halogenated alkanes) is 1. The normalized spacial score (nSPS) is 25.8. The molecule has 2 bridgehead atoms. The molecule has 24 heavy (non-hydrogen) atoms. The van der Waals surface area contributed by atoms with Crippen molar-refractivity contribution < 1.29 is 9.47 Å². The molecule has 2 saturated heterocycles. The van der Waals surface area contributed by atoms with E-state index < -0.39 is 0 Å². The van der Waals surface area contributed by atoms with Gasteiger partial charge in [-0.25, -0.2) is 4.98 Å². The van der Waals surface area contributed by atoms with Crippen molar-refractivity contribution in [1.82, 2.24) is 15.6 Å². The highest BCUT2D eigenvalue weighted by Crippen LogP contribution is 2.34. The van der Waals surface area contributed by atoms with Crippen molar-refractivity contribution >= 4 is 5.96 Å². The van der Waals surface area contributed by atoms with Crippen molar-refractivity contribution in [2.45, 2.75) is 63.8 Å². The van der Waals surface area contributed by atoms with E-state index in [0.29, 0.717) is 37.3 Å². The molecule has 6 nitrogen and oxygen atoms in total. The number of aliphatic imine (C=N–C) groups is 1. The van der Waals surface area contributed by atoms with Gasteiger partial charge in [0.15, 0.2) is 5.96 Å². The minimum atomic E-state index is 0.333. The lowest BCUT2D eigenvalue weighted by atomic mass is 9.96. The molecule has 2 N–H and O–H groups in total. The topological polar surface area (TPSA) is 67.8 Å². The average molecular weight is 332 g/mol. The molecule has 6 heteroatoms. The first-order valence-electron chi connectivity index (χ1n) is 8.99. The summed E-state index contributed by atoms with van der Waals surface area (Å²) in [6, 6.07) is 4.34. The number of rotatable bonds is 7. The Morgan fingerprint density at radius 1 is 1.46 bits per heavy atom. The Morgan fingerprint density at radius 2 is 2.38 bits per heavy atom. The van der Waals surface area contributed by atoms with Crippen molar-refractivity contribution in [2.24, 2.45) is 4.99 Å². The molecule has 0 aromatic carbocycles. The van der Waals surface area contributed by atoms with Crippen LogP contribution >= 0.6 is 0 Å². The number of pyridine rings is 1. The molecule has 0 radical (unpaired) electrons. The first-order valence-corrected chi connectivity index (χ1v) is 8.99. The standard InChI is InChI=1S/C18H28N4O2/c1-3-4-10-23-17-13(6-5-9-20-17)12-21-18(19-2)22-15-11-14-7-8-16(15)24-14/h5-6,9,14-16H,3-4,7-8,10-12H2,1-2H3,(H2,19,21,22). The van der Waals surface area contributed by atoms with Crippen molar-refractivity contribution in [3.8, 4) is 5.88 Å². The zero-order valence-corrected chi connectivity index (χ0v) is 14.6. The lowest BCUT2D eigenvalue weighted by Crippen LogP contribution is -2.47. The number of hydrogen-bond acceptors (Lipinski definition) is 4. The van der Waals surface area contributed by atoms with E-state index in [-0.39, 0.29) is 0 Å². The van der Waals surface area contributed by atoms with E-state index in [1.807, 2.05) is 12.1 Å². The van der Waals surface area contributed by atoms with Crippen LogP contribution in [0.1, 0.15) is 44.6 Å². The Balaban J connectivity index is 1.52. The summed E-state index contributed by atoms with van der Waals surface area (Å²) in [5.41, 5.74) is 1.04. The Bertz CT molecular complexity index is 564. The number of guanidine groups is 1. The summed E-state index contributed by atoms with van der Waals surface area (Å²) in [4.78, 5) is 8.68. The van der Waals surface area contributed by atoms with E-state index in [2.05, 4.69) is 27.5 Å². The van der Waals surface area contributed by atoms with Gasteiger partial charge in [-0.3, -0.25) is 4.99 Å². The van der Waals surface area contributed by atoms with Gasteiger partial charge in [0, 0.05) is 25.4 Å². The van der Waals surface area contributed by atoms with E-state index in [0.717, 1.165) is 37.2 Å². The predicted molar refractivity (Wildman–Crippen MR) is 94.3 cm³/mol. The summed E-state index contributed by atoms with van der Waals surface area (Å²) >= 11 is 0. The lowest BCUT2D eigenvalue weighted by Gasteiger charge is -2.22. The summed E-state index contributed by atoms with van der Waals surface area (Å²) in [6.07, 6.45) is 8.11. The van der Waals surface area contributed by atoms with Crippen molar-refractivity contribution in [3.63, 3.8) is 0 Å². The van der Waals surface area contributed by atoms with Crippen molar-refractivity contribution in [1.29, 1.82) is 0 Å². The second kappa shape index (κ2) is 8.33. The zero-order chi connectivity index (χ0) is 16.8. The number of aromatic nitrogens is 1. The predicted octanol–water partition coefficient (Wildman–Crippen LogP) is 2.25. The Hall–Kier alpha value is -1.82. The van der Waals surface area contributed by atoms with Crippen LogP contribution in [0, 0.1) is 0 Å². The van der Waals surface area contributed by atoms with Gasteiger partial charge < -0.3 is 20.1 Å². The van der Waals surface area contributed by atoms with Crippen LogP contribution in [0.5, 0.6) is 5.88 Å². The molecule has 0 amide bonds. The first kappa shape index (κ1) is 17.0. The summed E-state index contributed by atoms with van der Waals surface area (Å²) in [5, 5.41) is 6.86. The van der Waals surface area contributed by atoms with Gasteiger partial charge in [-0.15, -0.1) is 0 Å².